The van der Waals surface area contributed by atoms with Crippen LogP contribution in [0.3, 0.4) is 0 Å². The second kappa shape index (κ2) is 6.13. The fourth-order valence-corrected chi connectivity index (χ4v) is 2.95. The lowest BCUT2D eigenvalue weighted by Gasteiger charge is -2.11. The van der Waals surface area contributed by atoms with Gasteiger partial charge in [0.15, 0.2) is 11.5 Å². The summed E-state index contributed by atoms with van der Waals surface area (Å²) < 4.78 is 12.8. The van der Waals surface area contributed by atoms with Gasteiger partial charge in [-0.15, -0.1) is 11.6 Å². The van der Waals surface area contributed by atoms with Crippen molar-refractivity contribution in [2.24, 2.45) is 0 Å². The van der Waals surface area contributed by atoms with Crippen molar-refractivity contribution < 1.29 is 9.47 Å². The normalized spacial score (nSPS) is 12.4. The molecule has 0 spiro atoms. The van der Waals surface area contributed by atoms with Crippen LogP contribution in [0.4, 0.5) is 0 Å². The molecule has 1 atom stereocenters. The molecule has 3 aromatic rings. The molecule has 0 radical (unpaired) electrons. The first kappa shape index (κ1) is 15.7. The summed E-state index contributed by atoms with van der Waals surface area (Å²) in [6.07, 6.45) is 2.06. The second-order valence-corrected chi connectivity index (χ2v) is 6.12. The van der Waals surface area contributed by atoms with Gasteiger partial charge in [0.05, 0.1) is 31.0 Å². The van der Waals surface area contributed by atoms with Gasteiger partial charge in [0.25, 0.3) is 0 Å². The van der Waals surface area contributed by atoms with E-state index in [-0.39, 0.29) is 5.38 Å². The lowest BCUT2D eigenvalue weighted by atomic mass is 10.1. The van der Waals surface area contributed by atoms with Crippen LogP contribution >= 0.6 is 11.6 Å². The number of aromatic nitrogens is 2. The van der Waals surface area contributed by atoms with Crippen LogP contribution in [-0.4, -0.2) is 23.6 Å². The van der Waals surface area contributed by atoms with Crippen molar-refractivity contribution in [1.29, 1.82) is 0 Å². The molecule has 5 heteroatoms. The lowest BCUT2D eigenvalue weighted by Crippen LogP contribution is -1.96. The predicted molar refractivity (Wildman–Crippen MR) is 92.7 cm³/mol. The number of halogens is 1. The van der Waals surface area contributed by atoms with Crippen LogP contribution in [0.25, 0.3) is 16.9 Å². The number of imidazole rings is 1. The first-order valence-electron chi connectivity index (χ1n) is 7.40. The van der Waals surface area contributed by atoms with Crippen LogP contribution in [0.2, 0.25) is 0 Å². The van der Waals surface area contributed by atoms with Crippen LogP contribution < -0.4 is 9.47 Å². The number of hydrogen-bond acceptors (Lipinski definition) is 3. The zero-order valence-electron chi connectivity index (χ0n) is 13.6. The summed E-state index contributed by atoms with van der Waals surface area (Å²) in [4.78, 5) is 4.76. The highest BCUT2D eigenvalue weighted by molar-refractivity contribution is 6.20. The van der Waals surface area contributed by atoms with Crippen molar-refractivity contribution in [3.8, 4) is 22.8 Å². The van der Waals surface area contributed by atoms with Gasteiger partial charge in [0, 0.05) is 11.8 Å². The van der Waals surface area contributed by atoms with E-state index in [9.17, 15) is 0 Å². The van der Waals surface area contributed by atoms with E-state index in [0.29, 0.717) is 11.5 Å². The third kappa shape index (κ3) is 2.75. The number of hydrogen-bond donors (Lipinski definition) is 0. The third-order valence-corrected chi connectivity index (χ3v) is 4.04. The number of ether oxygens (including phenoxy) is 2. The summed E-state index contributed by atoms with van der Waals surface area (Å²) in [6, 6.07) is 9.83. The Bertz CT molecular complexity index is 856. The average molecular weight is 331 g/mol. The van der Waals surface area contributed by atoms with Crippen molar-refractivity contribution in [3.63, 3.8) is 0 Å². The third-order valence-electron chi connectivity index (χ3n) is 3.84. The number of pyridine rings is 1. The number of methoxy groups -OCH3 is 2. The van der Waals surface area contributed by atoms with Gasteiger partial charge in [-0.3, -0.25) is 0 Å². The molecule has 23 heavy (non-hydrogen) atoms. The highest BCUT2D eigenvalue weighted by Crippen LogP contribution is 2.36. The Labute approximate surface area is 140 Å². The quantitative estimate of drug-likeness (QED) is 0.654. The number of rotatable bonds is 4. The van der Waals surface area contributed by atoms with Crippen LogP contribution in [0.15, 0.2) is 36.5 Å². The molecular weight excluding hydrogens is 312 g/mol. The minimum Gasteiger partial charge on any atom is -0.493 e. The van der Waals surface area contributed by atoms with E-state index in [2.05, 4.69) is 17.5 Å². The summed E-state index contributed by atoms with van der Waals surface area (Å²) in [6.45, 7) is 4.01. The molecule has 0 aliphatic heterocycles. The Balaban J connectivity index is 2.25. The number of alkyl halides is 1. The van der Waals surface area contributed by atoms with Crippen molar-refractivity contribution in [1.82, 2.24) is 9.38 Å². The molecule has 0 aliphatic rings. The Hall–Kier alpha value is -2.20. The predicted octanol–water partition coefficient (Wildman–Crippen LogP) is 4.63. The summed E-state index contributed by atoms with van der Waals surface area (Å²) in [7, 11) is 3.25. The molecule has 120 valence electrons. The molecule has 0 saturated carbocycles. The Morgan fingerprint density at radius 3 is 2.48 bits per heavy atom. The van der Waals surface area contributed by atoms with E-state index < -0.39 is 0 Å². The molecule has 0 saturated heterocycles. The zero-order valence-corrected chi connectivity index (χ0v) is 14.4. The number of aryl methyl sites for hydroxylation is 1. The van der Waals surface area contributed by atoms with Gasteiger partial charge in [-0.1, -0.05) is 6.07 Å². The largest absolute Gasteiger partial charge is 0.493 e. The van der Waals surface area contributed by atoms with Crippen LogP contribution in [0, 0.1) is 6.92 Å². The molecule has 0 bridgehead atoms. The SMILES string of the molecule is COc1ccc(-c2nc3ccc(C)cn3c2C(C)Cl)cc1OC. The van der Waals surface area contributed by atoms with Gasteiger partial charge in [-0.2, -0.15) is 0 Å². The van der Waals surface area contributed by atoms with E-state index in [1.165, 1.54) is 0 Å². The molecule has 0 N–H and O–H groups in total. The Morgan fingerprint density at radius 1 is 1.09 bits per heavy atom. The number of nitrogens with zero attached hydrogens (tertiary/aromatic N) is 2. The maximum Gasteiger partial charge on any atom is 0.161 e. The van der Waals surface area contributed by atoms with Gasteiger partial charge in [0.2, 0.25) is 0 Å². The molecule has 0 fully saturated rings. The molecule has 2 heterocycles. The highest BCUT2D eigenvalue weighted by atomic mass is 35.5. The maximum atomic E-state index is 6.45. The van der Waals surface area contributed by atoms with Crippen molar-refractivity contribution in [3.05, 3.63) is 47.8 Å². The molecule has 1 aromatic carbocycles. The van der Waals surface area contributed by atoms with Crippen LogP contribution in [0.5, 0.6) is 11.5 Å². The number of fused-ring (bicyclic) bond motifs is 1. The zero-order chi connectivity index (χ0) is 16.6. The summed E-state index contributed by atoms with van der Waals surface area (Å²) in [5, 5.41) is -0.171. The van der Waals surface area contributed by atoms with Gasteiger partial charge < -0.3 is 13.9 Å². The van der Waals surface area contributed by atoms with E-state index in [1.54, 1.807) is 14.2 Å². The standard InChI is InChI=1S/C18H19ClN2O2/c1-11-5-8-16-20-17(18(12(2)19)21(16)10-11)13-6-7-14(22-3)15(9-13)23-4/h5-10,12H,1-4H3. The topological polar surface area (TPSA) is 35.8 Å². The van der Waals surface area contributed by atoms with Gasteiger partial charge >= 0.3 is 0 Å². The van der Waals surface area contributed by atoms with E-state index in [1.807, 2.05) is 37.3 Å². The minimum atomic E-state index is -0.171. The maximum absolute atomic E-state index is 6.45. The Morgan fingerprint density at radius 2 is 1.83 bits per heavy atom. The highest BCUT2D eigenvalue weighted by Gasteiger charge is 2.19. The molecular formula is C18H19ClN2O2. The molecule has 2 aromatic heterocycles. The molecule has 3 rings (SSSR count). The number of benzene rings is 1. The van der Waals surface area contributed by atoms with Crippen molar-refractivity contribution >= 4 is 17.2 Å². The van der Waals surface area contributed by atoms with Crippen LogP contribution in [-0.2, 0) is 0 Å². The van der Waals surface area contributed by atoms with Crippen molar-refractivity contribution in [2.75, 3.05) is 14.2 Å². The minimum absolute atomic E-state index is 0.171. The Kier molecular flexibility index (Phi) is 4.18. The second-order valence-electron chi connectivity index (χ2n) is 5.47. The molecule has 0 aliphatic carbocycles. The van der Waals surface area contributed by atoms with E-state index in [4.69, 9.17) is 26.1 Å². The molecule has 0 amide bonds. The average Bonchev–Trinajstić information content (AvgIpc) is 2.92. The van der Waals surface area contributed by atoms with E-state index >= 15 is 0 Å². The fraction of sp³-hybridized carbons (Fsp3) is 0.278. The lowest BCUT2D eigenvalue weighted by molar-refractivity contribution is 0.355. The van der Waals surface area contributed by atoms with Gasteiger partial charge in [0.1, 0.15) is 5.65 Å². The van der Waals surface area contributed by atoms with E-state index in [0.717, 1.165) is 28.2 Å². The first-order valence-corrected chi connectivity index (χ1v) is 7.84. The first-order chi connectivity index (χ1) is 11.0. The van der Waals surface area contributed by atoms with Crippen LogP contribution in [0.1, 0.15) is 23.6 Å². The summed E-state index contributed by atoms with van der Waals surface area (Å²) >= 11 is 6.45. The fourth-order valence-electron chi connectivity index (χ4n) is 2.75. The monoisotopic (exact) mass is 330 g/mol. The molecule has 4 nitrogen and oxygen atoms in total. The van der Waals surface area contributed by atoms with Crippen molar-refractivity contribution in [2.45, 2.75) is 19.2 Å². The molecule has 1 unspecified atom stereocenters. The summed E-state index contributed by atoms with van der Waals surface area (Å²) in [5.41, 5.74) is 4.82. The summed E-state index contributed by atoms with van der Waals surface area (Å²) in [5.74, 6) is 1.36. The van der Waals surface area contributed by atoms with Gasteiger partial charge in [-0.25, -0.2) is 4.98 Å². The smallest absolute Gasteiger partial charge is 0.161 e. The van der Waals surface area contributed by atoms with Gasteiger partial charge in [-0.05, 0) is 43.7 Å².